The number of benzene rings is 2. The molecule has 0 spiro atoms. The van der Waals surface area contributed by atoms with Crippen molar-refractivity contribution >= 4 is 11.9 Å². The van der Waals surface area contributed by atoms with E-state index >= 15 is 0 Å². The Balaban J connectivity index is 1.80. The molecule has 0 heterocycles. The van der Waals surface area contributed by atoms with Gasteiger partial charge in [0.25, 0.3) is 0 Å². The first-order valence-corrected chi connectivity index (χ1v) is 9.68. The van der Waals surface area contributed by atoms with Gasteiger partial charge in [-0.2, -0.15) is 0 Å². The van der Waals surface area contributed by atoms with Gasteiger partial charge < -0.3 is 19.9 Å². The monoisotopic (exact) mass is 399 g/mol. The van der Waals surface area contributed by atoms with Crippen LogP contribution in [0, 0.1) is 0 Å². The fourth-order valence-corrected chi connectivity index (χ4v) is 2.78. The summed E-state index contributed by atoms with van der Waals surface area (Å²) in [6, 6.07) is 15.4. The van der Waals surface area contributed by atoms with Crippen molar-refractivity contribution in [1.82, 2.24) is 5.32 Å². The number of ether oxygens (including phenoxy) is 2. The van der Waals surface area contributed by atoms with Gasteiger partial charge in [-0.05, 0) is 34.7 Å². The molecule has 0 radical (unpaired) electrons. The molecule has 0 atom stereocenters. The number of amides is 1. The highest BCUT2D eigenvalue weighted by Crippen LogP contribution is 2.30. The van der Waals surface area contributed by atoms with Crippen LogP contribution >= 0.6 is 0 Å². The van der Waals surface area contributed by atoms with E-state index in [0.717, 1.165) is 16.9 Å². The Bertz CT molecular complexity index is 826. The van der Waals surface area contributed by atoms with E-state index in [1.54, 1.807) is 0 Å². The lowest BCUT2D eigenvalue weighted by molar-refractivity contribution is -0.138. The minimum atomic E-state index is -0.983. The van der Waals surface area contributed by atoms with Gasteiger partial charge in [-0.1, -0.05) is 51.1 Å². The number of para-hydroxylation sites is 1. The predicted molar refractivity (Wildman–Crippen MR) is 111 cm³/mol. The second-order valence-electron chi connectivity index (χ2n) is 7.76. The smallest absolute Gasteiger partial charge is 0.303 e. The van der Waals surface area contributed by atoms with Crippen molar-refractivity contribution in [2.75, 3.05) is 13.2 Å². The Hall–Kier alpha value is -3.02. The summed E-state index contributed by atoms with van der Waals surface area (Å²) in [5, 5.41) is 11.3. The standard InChI is InChI=1S/C23H29NO5/c1-23(2,3)19-9-4-5-10-20(19)29-14-13-28-18-8-6-7-17(15-18)16-24-21(25)11-12-22(26)27/h4-10,15H,11-14,16H2,1-3H3,(H,24,25)(H,26,27). The molecule has 1 amide bonds. The molecule has 0 aliphatic heterocycles. The zero-order chi connectivity index (χ0) is 21.3. The van der Waals surface area contributed by atoms with Crippen LogP contribution < -0.4 is 14.8 Å². The molecule has 2 rings (SSSR count). The van der Waals surface area contributed by atoms with Gasteiger partial charge in [-0.3, -0.25) is 9.59 Å². The molecule has 2 aromatic rings. The summed E-state index contributed by atoms with van der Waals surface area (Å²) >= 11 is 0. The first-order chi connectivity index (χ1) is 13.8. The maximum Gasteiger partial charge on any atom is 0.303 e. The van der Waals surface area contributed by atoms with Crippen molar-refractivity contribution in [3.05, 3.63) is 59.7 Å². The van der Waals surface area contributed by atoms with Gasteiger partial charge in [-0.15, -0.1) is 0 Å². The third-order valence-electron chi connectivity index (χ3n) is 4.26. The van der Waals surface area contributed by atoms with E-state index in [1.165, 1.54) is 0 Å². The van der Waals surface area contributed by atoms with E-state index in [-0.39, 0.29) is 24.2 Å². The quantitative estimate of drug-likeness (QED) is 0.592. The number of hydrogen-bond donors (Lipinski definition) is 2. The number of carboxylic acid groups (broad SMARTS) is 1. The highest BCUT2D eigenvalue weighted by Gasteiger charge is 2.18. The Morgan fingerprint density at radius 3 is 2.41 bits per heavy atom. The number of nitrogens with one attached hydrogen (secondary N) is 1. The van der Waals surface area contributed by atoms with E-state index in [0.29, 0.717) is 25.5 Å². The van der Waals surface area contributed by atoms with Crippen LogP contribution in [-0.4, -0.2) is 30.2 Å². The number of carbonyl (C=O) groups excluding carboxylic acids is 1. The van der Waals surface area contributed by atoms with Crippen LogP contribution in [0.15, 0.2) is 48.5 Å². The SMILES string of the molecule is CC(C)(C)c1ccccc1OCCOc1cccc(CNC(=O)CCC(=O)O)c1. The summed E-state index contributed by atoms with van der Waals surface area (Å²) in [4.78, 5) is 22.1. The summed E-state index contributed by atoms with van der Waals surface area (Å²) in [5.74, 6) is 0.281. The van der Waals surface area contributed by atoms with Crippen LogP contribution in [0.25, 0.3) is 0 Å². The minimum Gasteiger partial charge on any atom is -0.490 e. The zero-order valence-electron chi connectivity index (χ0n) is 17.2. The Morgan fingerprint density at radius 1 is 0.966 bits per heavy atom. The van der Waals surface area contributed by atoms with E-state index in [2.05, 4.69) is 32.2 Å². The maximum absolute atomic E-state index is 11.6. The molecule has 0 aliphatic rings. The molecule has 0 aromatic heterocycles. The van der Waals surface area contributed by atoms with Crippen LogP contribution in [-0.2, 0) is 21.5 Å². The first-order valence-electron chi connectivity index (χ1n) is 9.68. The molecular weight excluding hydrogens is 370 g/mol. The molecule has 0 bridgehead atoms. The summed E-state index contributed by atoms with van der Waals surface area (Å²) in [6.45, 7) is 7.59. The predicted octanol–water partition coefficient (Wildman–Crippen LogP) is 3.92. The zero-order valence-corrected chi connectivity index (χ0v) is 17.2. The lowest BCUT2D eigenvalue weighted by Crippen LogP contribution is -2.23. The second kappa shape index (κ2) is 10.5. The van der Waals surface area contributed by atoms with Gasteiger partial charge in [0.15, 0.2) is 0 Å². The molecule has 2 aromatic carbocycles. The van der Waals surface area contributed by atoms with Crippen LogP contribution in [0.4, 0.5) is 0 Å². The second-order valence-corrected chi connectivity index (χ2v) is 7.76. The fourth-order valence-electron chi connectivity index (χ4n) is 2.78. The molecule has 6 nitrogen and oxygen atoms in total. The van der Waals surface area contributed by atoms with Crippen LogP contribution in [0.1, 0.15) is 44.7 Å². The molecule has 0 aliphatic carbocycles. The summed E-state index contributed by atoms with van der Waals surface area (Å²) in [5.41, 5.74) is 2.03. The van der Waals surface area contributed by atoms with Gasteiger partial charge in [0.2, 0.25) is 5.91 Å². The van der Waals surface area contributed by atoms with Crippen molar-refractivity contribution in [3.8, 4) is 11.5 Å². The summed E-state index contributed by atoms with van der Waals surface area (Å²) < 4.78 is 11.7. The van der Waals surface area contributed by atoms with Crippen molar-refractivity contribution in [2.45, 2.75) is 45.6 Å². The molecule has 6 heteroatoms. The van der Waals surface area contributed by atoms with E-state index in [9.17, 15) is 9.59 Å². The average molecular weight is 399 g/mol. The highest BCUT2D eigenvalue weighted by atomic mass is 16.5. The van der Waals surface area contributed by atoms with Crippen molar-refractivity contribution in [1.29, 1.82) is 0 Å². The van der Waals surface area contributed by atoms with Crippen molar-refractivity contribution in [3.63, 3.8) is 0 Å². The van der Waals surface area contributed by atoms with Gasteiger partial charge >= 0.3 is 5.97 Å². The van der Waals surface area contributed by atoms with Crippen LogP contribution in [0.2, 0.25) is 0 Å². The molecule has 0 saturated carbocycles. The van der Waals surface area contributed by atoms with Gasteiger partial charge in [0.05, 0.1) is 6.42 Å². The molecular formula is C23H29NO5. The average Bonchev–Trinajstić information content (AvgIpc) is 2.68. The maximum atomic E-state index is 11.6. The Kier molecular flexibility index (Phi) is 8.07. The topological polar surface area (TPSA) is 84.9 Å². The molecule has 0 saturated heterocycles. The normalized spacial score (nSPS) is 11.0. The summed E-state index contributed by atoms with van der Waals surface area (Å²) in [7, 11) is 0. The van der Waals surface area contributed by atoms with Crippen molar-refractivity contribution in [2.24, 2.45) is 0 Å². The molecule has 2 N–H and O–H groups in total. The van der Waals surface area contributed by atoms with Gasteiger partial charge in [0.1, 0.15) is 24.7 Å². The molecule has 156 valence electrons. The van der Waals surface area contributed by atoms with E-state index < -0.39 is 5.97 Å². The molecule has 0 unspecified atom stereocenters. The van der Waals surface area contributed by atoms with E-state index in [4.69, 9.17) is 14.6 Å². The minimum absolute atomic E-state index is 0.000677. The molecule has 29 heavy (non-hydrogen) atoms. The Labute approximate surface area is 171 Å². The van der Waals surface area contributed by atoms with Gasteiger partial charge in [-0.25, -0.2) is 0 Å². The first kappa shape index (κ1) is 22.3. The Morgan fingerprint density at radius 2 is 1.69 bits per heavy atom. The lowest BCUT2D eigenvalue weighted by Gasteiger charge is -2.22. The van der Waals surface area contributed by atoms with Gasteiger partial charge in [0, 0.05) is 13.0 Å². The third-order valence-corrected chi connectivity index (χ3v) is 4.26. The fraction of sp³-hybridized carbons (Fsp3) is 0.391. The molecule has 0 fully saturated rings. The number of aliphatic carboxylic acids is 1. The summed E-state index contributed by atoms with van der Waals surface area (Å²) in [6.07, 6.45) is -0.202. The number of hydrogen-bond acceptors (Lipinski definition) is 4. The largest absolute Gasteiger partial charge is 0.490 e. The van der Waals surface area contributed by atoms with Crippen LogP contribution in [0.3, 0.4) is 0 Å². The number of rotatable bonds is 10. The third kappa shape index (κ3) is 7.86. The van der Waals surface area contributed by atoms with E-state index in [1.807, 2.05) is 42.5 Å². The number of carbonyl (C=O) groups is 2. The van der Waals surface area contributed by atoms with Crippen molar-refractivity contribution < 1.29 is 24.2 Å². The lowest BCUT2D eigenvalue weighted by atomic mass is 9.86. The highest BCUT2D eigenvalue weighted by molar-refractivity contribution is 5.80. The number of carboxylic acids is 1. The van der Waals surface area contributed by atoms with Crippen LogP contribution in [0.5, 0.6) is 11.5 Å².